The Hall–Kier alpha value is -2.53. The monoisotopic (exact) mass is 335 g/mol. The number of aryl methyl sites for hydroxylation is 3. The first-order valence-electron chi connectivity index (χ1n) is 8.56. The Kier molecular flexibility index (Phi) is 3.88. The number of benzene rings is 1. The molecule has 1 aliphatic heterocycles. The highest BCUT2D eigenvalue weighted by molar-refractivity contribution is 5.81. The van der Waals surface area contributed by atoms with Crippen LogP contribution in [0.15, 0.2) is 33.8 Å². The number of fused-ring (bicyclic) bond motifs is 2. The third-order valence-electron chi connectivity index (χ3n) is 4.82. The Morgan fingerprint density at radius 3 is 2.92 bits per heavy atom. The van der Waals surface area contributed by atoms with Crippen molar-refractivity contribution in [1.29, 1.82) is 0 Å². The second kappa shape index (κ2) is 6.08. The van der Waals surface area contributed by atoms with Crippen LogP contribution in [0.25, 0.3) is 11.0 Å². The minimum Gasteiger partial charge on any atom is -0.464 e. The molecule has 0 spiro atoms. The molecule has 4 rings (SSSR count). The fraction of sp³-hybridized carbons (Fsp3) is 0.350. The first-order valence-corrected chi connectivity index (χ1v) is 8.56. The molecule has 0 saturated heterocycles. The third-order valence-corrected chi connectivity index (χ3v) is 4.82. The first-order chi connectivity index (χ1) is 12.0. The van der Waals surface area contributed by atoms with Crippen LogP contribution in [0.3, 0.4) is 0 Å². The van der Waals surface area contributed by atoms with Crippen molar-refractivity contribution in [2.75, 3.05) is 6.54 Å². The highest BCUT2D eigenvalue weighted by atomic mass is 16.3. The summed E-state index contributed by atoms with van der Waals surface area (Å²) in [5.41, 5.74) is 5.79. The quantitative estimate of drug-likeness (QED) is 0.720. The van der Waals surface area contributed by atoms with Gasteiger partial charge in [-0.15, -0.1) is 0 Å². The van der Waals surface area contributed by atoms with E-state index in [9.17, 15) is 4.79 Å². The fourth-order valence-corrected chi connectivity index (χ4v) is 3.62. The molecule has 0 fully saturated rings. The van der Waals surface area contributed by atoms with Crippen molar-refractivity contribution in [1.82, 2.24) is 14.9 Å². The number of aromatic nitrogens is 2. The molecule has 128 valence electrons. The number of hydrogen-bond donors (Lipinski definition) is 0. The average Bonchev–Trinajstić information content (AvgIpc) is 2.57. The molecule has 0 aliphatic carbocycles. The Morgan fingerprint density at radius 2 is 2.08 bits per heavy atom. The van der Waals surface area contributed by atoms with Gasteiger partial charge in [-0.3, -0.25) is 9.69 Å². The number of hydrogen-bond acceptors (Lipinski definition) is 5. The van der Waals surface area contributed by atoms with Gasteiger partial charge in [-0.25, -0.2) is 9.97 Å². The second-order valence-electron chi connectivity index (χ2n) is 6.89. The summed E-state index contributed by atoms with van der Waals surface area (Å²) in [7, 11) is 0. The van der Waals surface area contributed by atoms with Crippen LogP contribution in [-0.4, -0.2) is 21.4 Å². The van der Waals surface area contributed by atoms with Crippen LogP contribution >= 0.6 is 0 Å². The van der Waals surface area contributed by atoms with Crippen LogP contribution in [0.2, 0.25) is 0 Å². The predicted octanol–water partition coefficient (Wildman–Crippen LogP) is 3.07. The normalized spacial score (nSPS) is 14.7. The molecule has 0 saturated carbocycles. The molecule has 2 aromatic heterocycles. The molecular formula is C20H21N3O2. The molecule has 5 heteroatoms. The van der Waals surface area contributed by atoms with Crippen molar-refractivity contribution in [2.45, 2.75) is 40.3 Å². The average molecular weight is 335 g/mol. The smallest absolute Gasteiger partial charge is 0.197 e. The molecule has 0 radical (unpaired) electrons. The zero-order chi connectivity index (χ0) is 17.6. The molecular weight excluding hydrogens is 314 g/mol. The van der Waals surface area contributed by atoms with Gasteiger partial charge in [-0.1, -0.05) is 6.07 Å². The van der Waals surface area contributed by atoms with Crippen molar-refractivity contribution in [3.63, 3.8) is 0 Å². The van der Waals surface area contributed by atoms with E-state index in [1.54, 1.807) is 6.26 Å². The summed E-state index contributed by atoms with van der Waals surface area (Å²) in [6.45, 7) is 8.12. The van der Waals surface area contributed by atoms with E-state index in [4.69, 9.17) is 4.42 Å². The molecule has 5 nitrogen and oxygen atoms in total. The molecule has 0 bridgehead atoms. The lowest BCUT2D eigenvalue weighted by Gasteiger charge is -2.27. The van der Waals surface area contributed by atoms with E-state index >= 15 is 0 Å². The first kappa shape index (κ1) is 16.0. The maximum Gasteiger partial charge on any atom is 0.197 e. The van der Waals surface area contributed by atoms with Gasteiger partial charge in [0.25, 0.3) is 0 Å². The van der Waals surface area contributed by atoms with Gasteiger partial charge in [-0.2, -0.15) is 0 Å². The Bertz CT molecular complexity index is 1020. The van der Waals surface area contributed by atoms with Crippen molar-refractivity contribution < 1.29 is 4.42 Å². The van der Waals surface area contributed by atoms with E-state index < -0.39 is 0 Å². The summed E-state index contributed by atoms with van der Waals surface area (Å²) in [6.07, 6.45) is 4.40. The fourth-order valence-electron chi connectivity index (χ4n) is 3.62. The molecule has 25 heavy (non-hydrogen) atoms. The van der Waals surface area contributed by atoms with Crippen LogP contribution < -0.4 is 5.43 Å². The third kappa shape index (κ3) is 2.96. The van der Waals surface area contributed by atoms with Gasteiger partial charge in [0.05, 0.1) is 11.6 Å². The Balaban J connectivity index is 1.64. The van der Waals surface area contributed by atoms with Crippen LogP contribution in [-0.2, 0) is 19.5 Å². The maximum absolute atomic E-state index is 12.9. The van der Waals surface area contributed by atoms with Gasteiger partial charge < -0.3 is 4.42 Å². The van der Waals surface area contributed by atoms with E-state index in [-0.39, 0.29) is 5.43 Å². The molecule has 3 heterocycles. The molecule has 0 atom stereocenters. The predicted molar refractivity (Wildman–Crippen MR) is 96.5 cm³/mol. The summed E-state index contributed by atoms with van der Waals surface area (Å²) in [5.74, 6) is 0.813. The van der Waals surface area contributed by atoms with Gasteiger partial charge >= 0.3 is 0 Å². The van der Waals surface area contributed by atoms with E-state index in [2.05, 4.69) is 14.9 Å². The lowest BCUT2D eigenvalue weighted by molar-refractivity contribution is 0.240. The van der Waals surface area contributed by atoms with E-state index in [1.807, 2.05) is 39.1 Å². The topological polar surface area (TPSA) is 59.2 Å². The largest absolute Gasteiger partial charge is 0.464 e. The van der Waals surface area contributed by atoms with Crippen molar-refractivity contribution in [3.8, 4) is 0 Å². The lowest BCUT2D eigenvalue weighted by Crippen LogP contribution is -2.32. The van der Waals surface area contributed by atoms with E-state index in [1.165, 1.54) is 0 Å². The van der Waals surface area contributed by atoms with Gasteiger partial charge in [-0.05, 0) is 38.0 Å². The zero-order valence-corrected chi connectivity index (χ0v) is 14.8. The van der Waals surface area contributed by atoms with E-state index in [0.717, 1.165) is 47.7 Å². The Morgan fingerprint density at radius 1 is 1.24 bits per heavy atom. The number of rotatable bonds is 2. The van der Waals surface area contributed by atoms with Crippen LogP contribution in [0.4, 0.5) is 0 Å². The molecule has 0 N–H and O–H groups in total. The second-order valence-corrected chi connectivity index (χ2v) is 6.89. The maximum atomic E-state index is 12.9. The SMILES string of the molecule is Cc1cc(C)c2c(=O)c(CN3CCc4nc(C)ncc4C3)coc2c1. The summed E-state index contributed by atoms with van der Waals surface area (Å²) in [5, 5.41) is 0.694. The molecule has 3 aromatic rings. The highest BCUT2D eigenvalue weighted by Gasteiger charge is 2.20. The van der Waals surface area contributed by atoms with Crippen LogP contribution in [0, 0.1) is 20.8 Å². The van der Waals surface area contributed by atoms with Crippen LogP contribution in [0.1, 0.15) is 33.8 Å². The molecule has 0 amide bonds. The molecule has 1 aromatic carbocycles. The van der Waals surface area contributed by atoms with Crippen molar-refractivity contribution in [3.05, 3.63) is 68.6 Å². The molecule has 0 unspecified atom stereocenters. The summed E-state index contributed by atoms with van der Waals surface area (Å²) in [6, 6.07) is 3.95. The minimum absolute atomic E-state index is 0.0738. The van der Waals surface area contributed by atoms with Crippen molar-refractivity contribution >= 4 is 11.0 Å². The van der Waals surface area contributed by atoms with Gasteiger partial charge in [0.2, 0.25) is 0 Å². The summed E-state index contributed by atoms with van der Waals surface area (Å²) in [4.78, 5) is 24.0. The van der Waals surface area contributed by atoms with Crippen molar-refractivity contribution in [2.24, 2.45) is 0 Å². The number of nitrogens with zero attached hydrogens (tertiary/aromatic N) is 3. The molecule has 1 aliphatic rings. The minimum atomic E-state index is 0.0738. The van der Waals surface area contributed by atoms with E-state index in [0.29, 0.717) is 23.1 Å². The van der Waals surface area contributed by atoms with Gasteiger partial charge in [0.1, 0.15) is 11.4 Å². The van der Waals surface area contributed by atoms with Gasteiger partial charge in [0.15, 0.2) is 5.43 Å². The summed E-state index contributed by atoms with van der Waals surface area (Å²) >= 11 is 0. The van der Waals surface area contributed by atoms with Crippen LogP contribution in [0.5, 0.6) is 0 Å². The van der Waals surface area contributed by atoms with Gasteiger partial charge in [0, 0.05) is 49.1 Å². The highest BCUT2D eigenvalue weighted by Crippen LogP contribution is 2.21. The zero-order valence-electron chi connectivity index (χ0n) is 14.8. The lowest BCUT2D eigenvalue weighted by atomic mass is 10.0. The standard InChI is InChI=1S/C20H21N3O2/c1-12-6-13(2)19-18(7-12)25-11-16(20(19)24)10-23-5-4-17-15(9-23)8-21-14(3)22-17/h6-8,11H,4-5,9-10H2,1-3H3. The summed E-state index contributed by atoms with van der Waals surface area (Å²) < 4.78 is 5.76. The Labute approximate surface area is 146 Å².